The van der Waals surface area contributed by atoms with Crippen molar-refractivity contribution in [1.82, 2.24) is 5.32 Å². The molecule has 0 amide bonds. The largest absolute Gasteiger partial charge is 0.508 e. The highest BCUT2D eigenvalue weighted by molar-refractivity contribution is 5.89. The molecule has 3 aromatic carbocycles. The first-order valence-corrected chi connectivity index (χ1v) is 18.9. The number of ether oxygens (including phenoxy) is 2. The van der Waals surface area contributed by atoms with Crippen LogP contribution in [0.15, 0.2) is 66.2 Å². The molecule has 11 heteroatoms. The number of phenolic OH excluding ortho intramolecular Hbond substituents is 2. The molecule has 6 N–H and O–H groups in total. The van der Waals surface area contributed by atoms with Crippen LogP contribution in [0.2, 0.25) is 0 Å². The van der Waals surface area contributed by atoms with Gasteiger partial charge in [0.15, 0.2) is 0 Å². The van der Waals surface area contributed by atoms with E-state index in [9.17, 15) is 39.9 Å². The quantitative estimate of drug-likeness (QED) is 0.128. The van der Waals surface area contributed by atoms with E-state index in [1.165, 1.54) is 24.3 Å². The molecule has 0 radical (unpaired) electrons. The molecular weight excluding hydrogens is 702 g/mol. The third-order valence-electron chi connectivity index (χ3n) is 11.7. The summed E-state index contributed by atoms with van der Waals surface area (Å²) in [5.41, 5.74) is 1.91. The maximum atomic E-state index is 14.6. The number of fused-ring (bicyclic) bond motifs is 8. The van der Waals surface area contributed by atoms with Crippen molar-refractivity contribution in [2.24, 2.45) is 11.8 Å². The number of aliphatic hydroxyl groups excluding tert-OH is 2. The zero-order valence-electron chi connectivity index (χ0n) is 31.0. The number of hydrogen-bond donors (Lipinski definition) is 6. The molecule has 7 rings (SSSR count). The van der Waals surface area contributed by atoms with E-state index in [0.717, 1.165) is 11.1 Å². The minimum absolute atomic E-state index is 0.0647. The summed E-state index contributed by atoms with van der Waals surface area (Å²) in [6.07, 6.45) is -0.604. The van der Waals surface area contributed by atoms with Crippen LogP contribution in [0, 0.1) is 23.7 Å². The van der Waals surface area contributed by atoms with Gasteiger partial charge >= 0.3 is 11.9 Å². The van der Waals surface area contributed by atoms with E-state index in [4.69, 9.17) is 9.47 Å². The molecule has 3 aromatic rings. The van der Waals surface area contributed by atoms with Crippen molar-refractivity contribution in [2.75, 3.05) is 13.6 Å². The molecule has 1 fully saturated rings. The number of phenols is 2. The highest BCUT2D eigenvalue weighted by atomic mass is 16.6. The molecule has 8 atom stereocenters. The zero-order chi connectivity index (χ0) is 39.0. The Kier molecular flexibility index (Phi) is 10.9. The van der Waals surface area contributed by atoms with Gasteiger partial charge in [-0.2, -0.15) is 0 Å². The number of likely N-dealkylation sites (N-methyl/N-ethyl adjacent to an activating group) is 1. The van der Waals surface area contributed by atoms with Crippen LogP contribution in [-0.2, 0) is 38.4 Å². The highest BCUT2D eigenvalue weighted by Gasteiger charge is 2.46. The molecule has 0 unspecified atom stereocenters. The summed E-state index contributed by atoms with van der Waals surface area (Å²) in [4.78, 5) is 40.7. The molecule has 55 heavy (non-hydrogen) atoms. The lowest BCUT2D eigenvalue weighted by molar-refractivity contribution is -0.170. The lowest BCUT2D eigenvalue weighted by Crippen LogP contribution is -2.52. The SMILES string of the molecule is CNC[C@H](O)c1cc(O)cc([C@@H]2C#C[C@@H]3CC(=O)Oc4cc(O)c(cc43)C[C@H]3OC(=O)C(=C[C@H](O)Cc4cccc(c4)C[C@@H]4C[C@@H](CCC4=O)[C@@]3(C)O)C2)c1. The van der Waals surface area contributed by atoms with Gasteiger partial charge in [0, 0.05) is 54.8 Å². The van der Waals surface area contributed by atoms with Gasteiger partial charge in [0.1, 0.15) is 34.7 Å². The fraction of sp³-hybridized carbons (Fsp3) is 0.432. The summed E-state index contributed by atoms with van der Waals surface area (Å²) in [5, 5.41) is 59.9. The number of benzene rings is 3. The third-order valence-corrected chi connectivity index (χ3v) is 11.7. The molecule has 3 heterocycles. The van der Waals surface area contributed by atoms with Gasteiger partial charge in [-0.25, -0.2) is 4.79 Å². The van der Waals surface area contributed by atoms with Crippen LogP contribution in [0.4, 0.5) is 0 Å². The number of aliphatic hydroxyl groups is 3. The first kappa shape index (κ1) is 38.3. The lowest BCUT2D eigenvalue weighted by Gasteiger charge is -2.42. The van der Waals surface area contributed by atoms with Crippen LogP contribution in [0.5, 0.6) is 17.2 Å². The molecule has 0 saturated heterocycles. The van der Waals surface area contributed by atoms with Crippen molar-refractivity contribution >= 4 is 17.7 Å². The number of aromatic hydroxyl groups is 2. The van der Waals surface area contributed by atoms with Gasteiger partial charge in [0.2, 0.25) is 0 Å². The fourth-order valence-corrected chi connectivity index (χ4v) is 8.56. The smallest absolute Gasteiger partial charge is 0.334 e. The Morgan fingerprint density at radius 2 is 1.71 bits per heavy atom. The predicted octanol–water partition coefficient (Wildman–Crippen LogP) is 4.21. The summed E-state index contributed by atoms with van der Waals surface area (Å²) in [7, 11) is 1.69. The summed E-state index contributed by atoms with van der Waals surface area (Å²) < 4.78 is 11.8. The molecule has 11 nitrogen and oxygen atoms in total. The van der Waals surface area contributed by atoms with Gasteiger partial charge in [0.25, 0.3) is 0 Å². The summed E-state index contributed by atoms with van der Waals surface area (Å²) in [5.74, 6) is 2.72. The van der Waals surface area contributed by atoms with E-state index in [1.54, 1.807) is 26.1 Å². The summed E-state index contributed by atoms with van der Waals surface area (Å²) >= 11 is 0. The molecule has 4 aliphatic rings. The fourth-order valence-electron chi connectivity index (χ4n) is 8.56. The van der Waals surface area contributed by atoms with Gasteiger partial charge in [0.05, 0.1) is 24.5 Å². The second kappa shape index (κ2) is 15.6. The van der Waals surface area contributed by atoms with Crippen molar-refractivity contribution in [3.05, 3.63) is 99.6 Å². The van der Waals surface area contributed by atoms with Crippen LogP contribution in [-0.4, -0.2) is 74.7 Å². The Morgan fingerprint density at radius 3 is 2.49 bits per heavy atom. The maximum absolute atomic E-state index is 14.6. The van der Waals surface area contributed by atoms with Crippen molar-refractivity contribution in [1.29, 1.82) is 0 Å². The number of Topliss-reactive ketones (excluding diaryl/α,β-unsaturated/α-hetero) is 1. The molecule has 288 valence electrons. The van der Waals surface area contributed by atoms with E-state index in [-0.39, 0.29) is 73.2 Å². The van der Waals surface area contributed by atoms with Crippen LogP contribution >= 0.6 is 0 Å². The van der Waals surface area contributed by atoms with Crippen molar-refractivity contribution in [3.63, 3.8) is 0 Å². The highest BCUT2D eigenvalue weighted by Crippen LogP contribution is 2.43. The average Bonchev–Trinajstić information content (AvgIpc) is 3.13. The Bertz CT molecular complexity index is 2090. The molecule has 3 aliphatic heterocycles. The molecule has 8 bridgehead atoms. The van der Waals surface area contributed by atoms with Gasteiger partial charge in [-0.1, -0.05) is 42.2 Å². The summed E-state index contributed by atoms with van der Waals surface area (Å²) in [6, 6.07) is 15.3. The second-order valence-electron chi connectivity index (χ2n) is 15.7. The molecule has 0 spiro atoms. The number of carbonyl (C=O) groups excluding carboxylic acids is 3. The van der Waals surface area contributed by atoms with Gasteiger partial charge in [-0.15, -0.1) is 0 Å². The standard InChI is InChI=1S/C44H47NO10/c1-44(53)33-8-9-37(48)29(15-33)11-24-4-3-5-25(10-24)12-34(46)18-32-13-26(28-14-30(17-35(47)16-28)39(50)23-45-2)6-7-27-21-42(51)54-40-22-38(49)31(19-36(27)40)20-41(44)55-43(32)52/h3-5,10,14,16-19,22,26-27,29,33-34,39,41,45-47,49-50,53H,8-9,11-13,15,20-21,23H2,1-2H3/t26-,27-,29-,33-,34-,39+,41-,44-/m1/s1. The minimum atomic E-state index is -1.67. The summed E-state index contributed by atoms with van der Waals surface area (Å²) in [6.45, 7) is 1.81. The second-order valence-corrected chi connectivity index (χ2v) is 15.7. The number of hydrogen-bond acceptors (Lipinski definition) is 11. The number of nitrogens with one attached hydrogen (secondary N) is 1. The Morgan fingerprint density at radius 1 is 0.945 bits per heavy atom. The van der Waals surface area contributed by atoms with Crippen molar-refractivity contribution in [2.45, 2.75) is 94.0 Å². The third kappa shape index (κ3) is 8.33. The number of carbonyl (C=O) groups is 3. The van der Waals surface area contributed by atoms with Crippen LogP contribution in [0.3, 0.4) is 0 Å². The zero-order valence-corrected chi connectivity index (χ0v) is 31.0. The van der Waals surface area contributed by atoms with Crippen molar-refractivity contribution < 1.29 is 49.4 Å². The van der Waals surface area contributed by atoms with Gasteiger partial charge in [-0.05, 0) is 97.7 Å². The van der Waals surface area contributed by atoms with Crippen LogP contribution in [0.1, 0.15) is 90.3 Å². The van der Waals surface area contributed by atoms with Crippen LogP contribution < -0.4 is 10.1 Å². The number of esters is 2. The Hall–Kier alpha value is -4.99. The molecule has 1 aliphatic carbocycles. The van der Waals surface area contributed by atoms with Gasteiger partial charge in [-0.3, -0.25) is 9.59 Å². The normalized spacial score (nSPS) is 28.7. The number of rotatable bonds is 4. The van der Waals surface area contributed by atoms with Gasteiger partial charge < -0.3 is 40.3 Å². The Labute approximate surface area is 320 Å². The predicted molar refractivity (Wildman–Crippen MR) is 201 cm³/mol. The van der Waals surface area contributed by atoms with E-state index >= 15 is 0 Å². The molecule has 1 saturated carbocycles. The van der Waals surface area contributed by atoms with E-state index in [2.05, 4.69) is 17.2 Å². The topological polar surface area (TPSA) is 183 Å². The number of ketones is 1. The van der Waals surface area contributed by atoms with Crippen molar-refractivity contribution in [3.8, 4) is 29.1 Å². The first-order valence-electron chi connectivity index (χ1n) is 18.9. The van der Waals surface area contributed by atoms with E-state index in [1.807, 2.05) is 24.3 Å². The Balaban J connectivity index is 1.42. The maximum Gasteiger partial charge on any atom is 0.334 e. The minimum Gasteiger partial charge on any atom is -0.508 e. The lowest BCUT2D eigenvalue weighted by atomic mass is 9.68. The average molecular weight is 750 g/mol. The molecule has 0 aromatic heterocycles. The van der Waals surface area contributed by atoms with Crippen LogP contribution in [0.25, 0.3) is 0 Å². The van der Waals surface area contributed by atoms with E-state index < -0.39 is 53.6 Å². The first-order chi connectivity index (χ1) is 26.3. The van der Waals surface area contributed by atoms with E-state index in [0.29, 0.717) is 41.5 Å². The monoisotopic (exact) mass is 749 g/mol. The molecular formula is C44H47NO10.